The Balaban J connectivity index is 1.76. The van der Waals surface area contributed by atoms with Crippen LogP contribution >= 0.6 is 11.3 Å². The third-order valence-electron chi connectivity index (χ3n) is 6.33. The van der Waals surface area contributed by atoms with E-state index < -0.39 is 6.04 Å². The second kappa shape index (κ2) is 10.8. The largest absolute Gasteiger partial charge is 0.351 e. The Labute approximate surface area is 204 Å². The van der Waals surface area contributed by atoms with Gasteiger partial charge in [-0.3, -0.25) is 19.3 Å². The van der Waals surface area contributed by atoms with Crippen LogP contribution in [0, 0.1) is 6.92 Å². The third kappa shape index (κ3) is 5.62. The predicted octanol–water partition coefficient (Wildman–Crippen LogP) is 5.63. The zero-order chi connectivity index (χ0) is 24.1. The van der Waals surface area contributed by atoms with Gasteiger partial charge in [0.1, 0.15) is 6.04 Å². The summed E-state index contributed by atoms with van der Waals surface area (Å²) in [5.41, 5.74) is 3.01. The molecule has 1 N–H and O–H groups in total. The lowest BCUT2D eigenvalue weighted by atomic mass is 10.00. The van der Waals surface area contributed by atoms with E-state index >= 15 is 0 Å². The monoisotopic (exact) mass is 474 g/mol. The molecule has 34 heavy (non-hydrogen) atoms. The highest BCUT2D eigenvalue weighted by molar-refractivity contribution is 7.10. The Bertz CT molecular complexity index is 1130. The number of thiophene rings is 1. The van der Waals surface area contributed by atoms with Gasteiger partial charge in [0.05, 0.1) is 6.42 Å². The van der Waals surface area contributed by atoms with Crippen LogP contribution in [0.3, 0.4) is 0 Å². The Morgan fingerprint density at radius 2 is 1.68 bits per heavy atom. The van der Waals surface area contributed by atoms with Crippen molar-refractivity contribution >= 4 is 34.6 Å². The maximum Gasteiger partial charge on any atom is 0.248 e. The quantitative estimate of drug-likeness (QED) is 0.430. The molecule has 1 unspecified atom stereocenters. The lowest BCUT2D eigenvalue weighted by molar-refractivity contribution is -0.127. The van der Waals surface area contributed by atoms with Crippen LogP contribution in [-0.2, 0) is 16.0 Å². The number of amides is 2. The van der Waals surface area contributed by atoms with Crippen molar-refractivity contribution in [2.45, 2.75) is 58.0 Å². The van der Waals surface area contributed by atoms with Gasteiger partial charge in [-0.2, -0.15) is 0 Å². The maximum absolute atomic E-state index is 13.7. The van der Waals surface area contributed by atoms with Gasteiger partial charge in [-0.25, -0.2) is 0 Å². The van der Waals surface area contributed by atoms with Crippen molar-refractivity contribution < 1.29 is 14.4 Å². The molecular formula is C28H30N2O3S. The molecule has 1 aliphatic carbocycles. The highest BCUT2D eigenvalue weighted by Gasteiger charge is 2.34. The molecule has 2 aromatic carbocycles. The van der Waals surface area contributed by atoms with Crippen LogP contribution in [0.15, 0.2) is 66.0 Å². The summed E-state index contributed by atoms with van der Waals surface area (Å²) >= 11 is 1.52. The summed E-state index contributed by atoms with van der Waals surface area (Å²) < 4.78 is 0. The summed E-state index contributed by atoms with van der Waals surface area (Å²) in [6.07, 6.45) is 4.33. The SMILES string of the molecule is CC(=O)c1ccc(N(C(=O)Cc2cccs2)C(C(=O)NC2CCCC2)c2ccc(C)cc2)cc1. The summed E-state index contributed by atoms with van der Waals surface area (Å²) in [6.45, 7) is 3.51. The number of hydrogen-bond donors (Lipinski definition) is 1. The van der Waals surface area contributed by atoms with Gasteiger partial charge in [-0.1, -0.05) is 48.7 Å². The number of carbonyl (C=O) groups excluding carboxylic acids is 3. The van der Waals surface area contributed by atoms with E-state index in [0.29, 0.717) is 11.3 Å². The minimum Gasteiger partial charge on any atom is -0.351 e. The topological polar surface area (TPSA) is 66.5 Å². The van der Waals surface area contributed by atoms with Gasteiger partial charge in [0.2, 0.25) is 11.8 Å². The van der Waals surface area contributed by atoms with E-state index in [1.807, 2.05) is 48.7 Å². The lowest BCUT2D eigenvalue weighted by Crippen LogP contribution is -2.46. The molecule has 6 heteroatoms. The molecule has 0 aliphatic heterocycles. The summed E-state index contributed by atoms with van der Waals surface area (Å²) in [4.78, 5) is 41.8. The molecule has 2 amide bonds. The number of nitrogens with one attached hydrogen (secondary N) is 1. The summed E-state index contributed by atoms with van der Waals surface area (Å²) in [5, 5.41) is 5.14. The molecule has 0 spiro atoms. The van der Waals surface area contributed by atoms with Crippen LogP contribution in [0.5, 0.6) is 0 Å². The smallest absolute Gasteiger partial charge is 0.248 e. The molecule has 0 saturated heterocycles. The number of carbonyl (C=O) groups is 3. The zero-order valence-corrected chi connectivity index (χ0v) is 20.4. The van der Waals surface area contributed by atoms with Crippen LogP contribution in [0.2, 0.25) is 0 Å². The average molecular weight is 475 g/mol. The van der Waals surface area contributed by atoms with Crippen molar-refractivity contribution in [1.82, 2.24) is 5.32 Å². The Morgan fingerprint density at radius 1 is 1.00 bits per heavy atom. The van der Waals surface area contributed by atoms with E-state index in [4.69, 9.17) is 0 Å². The number of nitrogens with zero attached hydrogens (tertiary/aromatic N) is 1. The van der Waals surface area contributed by atoms with E-state index in [2.05, 4.69) is 5.32 Å². The standard InChI is InChI=1S/C28H30N2O3S/c1-19-9-11-22(12-10-19)27(28(33)29-23-6-3-4-7-23)30(26(32)18-25-8-5-17-34-25)24-15-13-21(14-16-24)20(2)31/h5,8-17,23,27H,3-4,6-7,18H2,1-2H3,(H,29,33). The Morgan fingerprint density at radius 3 is 2.26 bits per heavy atom. The summed E-state index contributed by atoms with van der Waals surface area (Å²) in [6, 6.07) is 17.9. The van der Waals surface area contributed by atoms with Gasteiger partial charge in [0, 0.05) is 22.2 Å². The highest BCUT2D eigenvalue weighted by atomic mass is 32.1. The first-order chi connectivity index (χ1) is 16.4. The molecule has 1 saturated carbocycles. The normalized spacial score (nSPS) is 14.5. The number of aryl methyl sites for hydroxylation is 1. The zero-order valence-electron chi connectivity index (χ0n) is 19.6. The molecule has 1 aliphatic rings. The molecule has 0 radical (unpaired) electrons. The van der Waals surface area contributed by atoms with Crippen molar-refractivity contribution in [3.63, 3.8) is 0 Å². The van der Waals surface area contributed by atoms with Crippen LogP contribution in [0.1, 0.15) is 65.0 Å². The molecule has 4 rings (SSSR count). The molecular weight excluding hydrogens is 444 g/mol. The number of hydrogen-bond acceptors (Lipinski definition) is 4. The minimum atomic E-state index is -0.808. The number of Topliss-reactive ketones (excluding diaryl/α,β-unsaturated/α-hetero) is 1. The first-order valence-corrected chi connectivity index (χ1v) is 12.6. The Hall–Kier alpha value is -3.25. The minimum absolute atomic E-state index is 0.0444. The number of anilines is 1. The van der Waals surface area contributed by atoms with Gasteiger partial charge < -0.3 is 5.32 Å². The first kappa shape index (κ1) is 23.9. The van der Waals surface area contributed by atoms with Crippen molar-refractivity contribution in [2.75, 3.05) is 4.90 Å². The Kier molecular flexibility index (Phi) is 7.58. The van der Waals surface area contributed by atoms with Crippen molar-refractivity contribution in [3.05, 3.63) is 87.6 Å². The number of rotatable bonds is 8. The van der Waals surface area contributed by atoms with Gasteiger partial charge in [0.25, 0.3) is 0 Å². The van der Waals surface area contributed by atoms with E-state index in [1.54, 1.807) is 29.2 Å². The third-order valence-corrected chi connectivity index (χ3v) is 7.20. The van der Waals surface area contributed by atoms with E-state index in [1.165, 1.54) is 18.3 Å². The first-order valence-electron chi connectivity index (χ1n) is 11.7. The fourth-order valence-corrected chi connectivity index (χ4v) is 5.15. The molecule has 1 fully saturated rings. The van der Waals surface area contributed by atoms with Gasteiger partial charge in [-0.15, -0.1) is 11.3 Å². The molecule has 176 valence electrons. The number of ketones is 1. The molecule has 1 atom stereocenters. The van der Waals surface area contributed by atoms with Crippen LogP contribution in [-0.4, -0.2) is 23.6 Å². The highest BCUT2D eigenvalue weighted by Crippen LogP contribution is 2.31. The van der Waals surface area contributed by atoms with Crippen molar-refractivity contribution in [3.8, 4) is 0 Å². The van der Waals surface area contributed by atoms with E-state index in [-0.39, 0.29) is 30.1 Å². The van der Waals surface area contributed by atoms with E-state index in [9.17, 15) is 14.4 Å². The maximum atomic E-state index is 13.7. The molecule has 1 heterocycles. The van der Waals surface area contributed by atoms with E-state index in [0.717, 1.165) is 41.7 Å². The molecule has 5 nitrogen and oxygen atoms in total. The average Bonchev–Trinajstić information content (AvgIpc) is 3.52. The van der Waals surface area contributed by atoms with Crippen LogP contribution in [0.25, 0.3) is 0 Å². The molecule has 1 aromatic heterocycles. The summed E-state index contributed by atoms with van der Waals surface area (Å²) in [7, 11) is 0. The summed E-state index contributed by atoms with van der Waals surface area (Å²) in [5.74, 6) is -0.381. The van der Waals surface area contributed by atoms with Gasteiger partial charge in [-0.05, 0) is 68.0 Å². The van der Waals surface area contributed by atoms with Crippen molar-refractivity contribution in [2.24, 2.45) is 0 Å². The lowest BCUT2D eigenvalue weighted by Gasteiger charge is -2.32. The van der Waals surface area contributed by atoms with Crippen LogP contribution < -0.4 is 10.2 Å². The fraction of sp³-hybridized carbons (Fsp3) is 0.321. The van der Waals surface area contributed by atoms with Gasteiger partial charge in [0.15, 0.2) is 5.78 Å². The fourth-order valence-electron chi connectivity index (χ4n) is 4.46. The molecule has 3 aromatic rings. The second-order valence-corrected chi connectivity index (χ2v) is 9.96. The molecule has 0 bridgehead atoms. The predicted molar refractivity (Wildman–Crippen MR) is 136 cm³/mol. The van der Waals surface area contributed by atoms with Crippen molar-refractivity contribution in [1.29, 1.82) is 0 Å². The van der Waals surface area contributed by atoms with Gasteiger partial charge >= 0.3 is 0 Å². The second-order valence-electron chi connectivity index (χ2n) is 8.93. The number of benzene rings is 2. The van der Waals surface area contributed by atoms with Crippen LogP contribution in [0.4, 0.5) is 5.69 Å².